The van der Waals surface area contributed by atoms with Crippen LogP contribution in [-0.2, 0) is 0 Å². The Labute approximate surface area is 133 Å². The van der Waals surface area contributed by atoms with Gasteiger partial charge in [-0.15, -0.1) is 5.10 Å². The molecule has 0 fully saturated rings. The van der Waals surface area contributed by atoms with Gasteiger partial charge >= 0.3 is 0 Å². The highest BCUT2D eigenvalue weighted by Gasteiger charge is 2.20. The number of hydrogen-bond donors (Lipinski definition) is 2. The van der Waals surface area contributed by atoms with Crippen LogP contribution in [0, 0.1) is 11.3 Å². The van der Waals surface area contributed by atoms with E-state index in [4.69, 9.17) is 11.0 Å². The summed E-state index contributed by atoms with van der Waals surface area (Å²) >= 11 is 0. The standard InChI is InChI=1S/C15H17N7O/c1-4-18-6-10(3)20-15(23)12-13(17)21-22-8-11(9(2)5-16)7-19-14(12)22/h4,6-9H,1-3H3,(H2,17,21)(H,20,23)/b10-6+,18-4?. The van der Waals surface area contributed by atoms with Crippen molar-refractivity contribution in [3.63, 3.8) is 0 Å². The lowest BCUT2D eigenvalue weighted by Crippen LogP contribution is -2.22. The number of allylic oxidation sites excluding steroid dienone is 1. The van der Waals surface area contributed by atoms with Gasteiger partial charge in [0.15, 0.2) is 11.5 Å². The Morgan fingerprint density at radius 2 is 2.35 bits per heavy atom. The van der Waals surface area contributed by atoms with E-state index in [2.05, 4.69) is 26.5 Å². The molecule has 0 aromatic carbocycles. The summed E-state index contributed by atoms with van der Waals surface area (Å²) in [5, 5.41) is 15.7. The first-order valence-electron chi connectivity index (χ1n) is 6.97. The van der Waals surface area contributed by atoms with Crippen LogP contribution in [0.4, 0.5) is 5.82 Å². The fourth-order valence-electron chi connectivity index (χ4n) is 1.94. The molecule has 118 valence electrons. The summed E-state index contributed by atoms with van der Waals surface area (Å²) in [5.41, 5.74) is 7.63. The van der Waals surface area contributed by atoms with Gasteiger partial charge < -0.3 is 11.1 Å². The molecule has 0 aliphatic rings. The molecule has 8 heteroatoms. The molecule has 2 aromatic rings. The highest BCUT2D eigenvalue weighted by molar-refractivity contribution is 6.04. The van der Waals surface area contributed by atoms with Crippen molar-refractivity contribution in [3.05, 3.63) is 35.4 Å². The second kappa shape index (κ2) is 6.70. The van der Waals surface area contributed by atoms with E-state index in [-0.39, 0.29) is 17.3 Å². The van der Waals surface area contributed by atoms with Crippen molar-refractivity contribution < 1.29 is 4.79 Å². The second-order valence-corrected chi connectivity index (χ2v) is 4.94. The van der Waals surface area contributed by atoms with Gasteiger partial charge in [0.2, 0.25) is 0 Å². The maximum Gasteiger partial charge on any atom is 0.263 e. The molecule has 2 rings (SSSR count). The average molecular weight is 311 g/mol. The molecule has 8 nitrogen and oxygen atoms in total. The molecule has 0 aliphatic heterocycles. The maximum atomic E-state index is 12.4. The molecular formula is C15H17N7O. The van der Waals surface area contributed by atoms with Crippen molar-refractivity contribution in [1.82, 2.24) is 19.9 Å². The smallest absolute Gasteiger partial charge is 0.263 e. The minimum atomic E-state index is -0.411. The molecule has 0 saturated heterocycles. The number of fused-ring (bicyclic) bond motifs is 1. The third-order valence-electron chi connectivity index (χ3n) is 3.17. The number of rotatable bonds is 4. The molecular weight excluding hydrogens is 294 g/mol. The quantitative estimate of drug-likeness (QED) is 0.831. The summed E-state index contributed by atoms with van der Waals surface area (Å²) in [6.45, 7) is 5.25. The first-order chi connectivity index (χ1) is 11.0. The molecule has 0 aliphatic carbocycles. The van der Waals surface area contributed by atoms with Crippen LogP contribution in [0.25, 0.3) is 5.65 Å². The number of nitrogen functional groups attached to an aromatic ring is 1. The van der Waals surface area contributed by atoms with Crippen LogP contribution >= 0.6 is 0 Å². The number of carbonyl (C=O) groups excluding carboxylic acids is 1. The molecule has 3 N–H and O–H groups in total. The van der Waals surface area contributed by atoms with Gasteiger partial charge in [-0.2, -0.15) is 5.26 Å². The van der Waals surface area contributed by atoms with E-state index < -0.39 is 5.91 Å². The number of nitrogens with zero attached hydrogens (tertiary/aromatic N) is 5. The first kappa shape index (κ1) is 16.2. The van der Waals surface area contributed by atoms with Gasteiger partial charge in [0, 0.05) is 36.1 Å². The first-order valence-corrected chi connectivity index (χ1v) is 6.97. The molecule has 23 heavy (non-hydrogen) atoms. The largest absolute Gasteiger partial charge is 0.381 e. The Bertz CT molecular complexity index is 841. The van der Waals surface area contributed by atoms with Crippen molar-refractivity contribution in [2.24, 2.45) is 4.99 Å². The summed E-state index contributed by atoms with van der Waals surface area (Å²) in [6, 6.07) is 2.12. The normalized spacial score (nSPS) is 13.2. The van der Waals surface area contributed by atoms with E-state index in [1.54, 1.807) is 39.4 Å². The highest BCUT2D eigenvalue weighted by atomic mass is 16.1. The average Bonchev–Trinajstić information content (AvgIpc) is 2.86. The maximum absolute atomic E-state index is 12.4. The van der Waals surface area contributed by atoms with E-state index >= 15 is 0 Å². The third-order valence-corrected chi connectivity index (χ3v) is 3.17. The minimum absolute atomic E-state index is 0.0727. The molecule has 0 radical (unpaired) electrons. The van der Waals surface area contributed by atoms with Crippen molar-refractivity contribution in [2.45, 2.75) is 26.7 Å². The zero-order chi connectivity index (χ0) is 17.0. The van der Waals surface area contributed by atoms with Crippen LogP contribution in [0.15, 0.2) is 29.3 Å². The van der Waals surface area contributed by atoms with Crippen LogP contribution < -0.4 is 11.1 Å². The molecule has 2 aromatic heterocycles. The fourth-order valence-corrected chi connectivity index (χ4v) is 1.94. The van der Waals surface area contributed by atoms with Crippen molar-refractivity contribution >= 4 is 23.6 Å². The van der Waals surface area contributed by atoms with E-state index in [1.807, 2.05) is 0 Å². The van der Waals surface area contributed by atoms with Gasteiger partial charge in [-0.05, 0) is 20.8 Å². The number of hydrogen-bond acceptors (Lipinski definition) is 6. The monoisotopic (exact) mass is 311 g/mol. The molecule has 0 bridgehead atoms. The van der Waals surface area contributed by atoms with Gasteiger partial charge in [-0.1, -0.05) is 0 Å². The van der Waals surface area contributed by atoms with Crippen LogP contribution in [0.3, 0.4) is 0 Å². The minimum Gasteiger partial charge on any atom is -0.381 e. The van der Waals surface area contributed by atoms with E-state index in [0.29, 0.717) is 16.9 Å². The summed E-state index contributed by atoms with van der Waals surface area (Å²) in [6.07, 6.45) is 6.33. The van der Waals surface area contributed by atoms with Gasteiger partial charge in [0.25, 0.3) is 5.91 Å². The number of carbonyl (C=O) groups is 1. The Kier molecular flexibility index (Phi) is 4.71. The lowest BCUT2D eigenvalue weighted by Gasteiger charge is -2.05. The Hall–Kier alpha value is -3.21. The molecule has 0 saturated carbocycles. The van der Waals surface area contributed by atoms with Crippen molar-refractivity contribution in [1.29, 1.82) is 5.26 Å². The Morgan fingerprint density at radius 1 is 1.61 bits per heavy atom. The van der Waals surface area contributed by atoms with Gasteiger partial charge in [0.1, 0.15) is 5.56 Å². The van der Waals surface area contributed by atoms with E-state index in [0.717, 1.165) is 0 Å². The third kappa shape index (κ3) is 3.35. The lowest BCUT2D eigenvalue weighted by atomic mass is 10.1. The number of aromatic nitrogens is 3. The topological polar surface area (TPSA) is 121 Å². The summed E-state index contributed by atoms with van der Waals surface area (Å²) in [4.78, 5) is 20.5. The predicted octanol–water partition coefficient (Wildman–Crippen LogP) is 1.62. The molecule has 1 atom stereocenters. The lowest BCUT2D eigenvalue weighted by molar-refractivity contribution is 0.0968. The number of nitrogens with two attached hydrogens (primary N) is 1. The Balaban J connectivity index is 2.40. The molecule has 0 spiro atoms. The van der Waals surface area contributed by atoms with E-state index in [9.17, 15) is 4.79 Å². The molecule has 2 heterocycles. The predicted molar refractivity (Wildman–Crippen MR) is 86.8 cm³/mol. The van der Waals surface area contributed by atoms with E-state index in [1.165, 1.54) is 10.7 Å². The zero-order valence-corrected chi connectivity index (χ0v) is 13.1. The van der Waals surface area contributed by atoms with Crippen LogP contribution in [0.5, 0.6) is 0 Å². The van der Waals surface area contributed by atoms with Crippen LogP contribution in [0.1, 0.15) is 42.6 Å². The van der Waals surface area contributed by atoms with Crippen LogP contribution in [-0.4, -0.2) is 26.7 Å². The zero-order valence-electron chi connectivity index (χ0n) is 13.1. The fraction of sp³-hybridized carbons (Fsp3) is 0.267. The summed E-state index contributed by atoms with van der Waals surface area (Å²) < 4.78 is 1.41. The number of aliphatic imine (C=N–C) groups is 1. The number of nitrogens with one attached hydrogen (secondary N) is 1. The van der Waals surface area contributed by atoms with Gasteiger partial charge in [-0.3, -0.25) is 9.79 Å². The Morgan fingerprint density at radius 3 is 3.00 bits per heavy atom. The second-order valence-electron chi connectivity index (χ2n) is 4.94. The van der Waals surface area contributed by atoms with Crippen molar-refractivity contribution in [2.75, 3.05) is 5.73 Å². The van der Waals surface area contributed by atoms with Gasteiger partial charge in [-0.25, -0.2) is 9.50 Å². The van der Waals surface area contributed by atoms with Crippen LogP contribution in [0.2, 0.25) is 0 Å². The highest BCUT2D eigenvalue weighted by Crippen LogP contribution is 2.19. The molecule has 1 unspecified atom stereocenters. The number of nitriles is 1. The summed E-state index contributed by atoms with van der Waals surface area (Å²) in [7, 11) is 0. The SMILES string of the molecule is CC=N/C=C(\C)NC(=O)c1c(N)nn2cc(C(C)C#N)cnc12. The van der Waals surface area contributed by atoms with Crippen molar-refractivity contribution in [3.8, 4) is 6.07 Å². The molecule has 1 amide bonds. The summed E-state index contributed by atoms with van der Waals surface area (Å²) in [5.74, 6) is -0.665. The number of amides is 1. The van der Waals surface area contributed by atoms with Gasteiger partial charge in [0.05, 0.1) is 12.0 Å². The number of anilines is 1.